The largest absolute Gasteiger partial charge is 0.308 e. The van der Waals surface area contributed by atoms with Gasteiger partial charge in [0.15, 0.2) is 0 Å². The molecule has 1 aliphatic heterocycles. The summed E-state index contributed by atoms with van der Waals surface area (Å²) in [5.74, 6) is 0.100. The predicted molar refractivity (Wildman–Crippen MR) is 104 cm³/mol. The third-order valence-electron chi connectivity index (χ3n) is 4.57. The van der Waals surface area contributed by atoms with Crippen molar-refractivity contribution in [3.63, 3.8) is 0 Å². The van der Waals surface area contributed by atoms with Crippen molar-refractivity contribution < 1.29 is 4.79 Å². The molecule has 0 saturated heterocycles. The van der Waals surface area contributed by atoms with Crippen LogP contribution in [0, 0.1) is 0 Å². The molecule has 5 nitrogen and oxygen atoms in total. The maximum absolute atomic E-state index is 13.0. The number of rotatable bonds is 4. The van der Waals surface area contributed by atoms with Gasteiger partial charge in [0.25, 0.3) is 0 Å². The van der Waals surface area contributed by atoms with Crippen LogP contribution in [-0.4, -0.2) is 32.0 Å². The van der Waals surface area contributed by atoms with Crippen LogP contribution in [0.25, 0.3) is 5.69 Å². The average molecular weight is 364 g/mol. The SMILES string of the molecule is CC(Sc1ncn(-c2ccccc2)n1)C(=O)N1c2ccccc2CC1C. The molecule has 2 unspecified atom stereocenters. The Morgan fingerprint density at radius 2 is 1.88 bits per heavy atom. The quantitative estimate of drug-likeness (QED) is 0.662. The van der Waals surface area contributed by atoms with Crippen LogP contribution in [0.2, 0.25) is 0 Å². The maximum Gasteiger partial charge on any atom is 0.240 e. The number of aromatic nitrogens is 3. The number of anilines is 1. The van der Waals surface area contributed by atoms with Crippen LogP contribution in [0.3, 0.4) is 0 Å². The molecule has 4 rings (SSSR count). The summed E-state index contributed by atoms with van der Waals surface area (Å²) in [5.41, 5.74) is 3.21. The molecule has 1 aliphatic rings. The molecule has 3 aromatic rings. The number of para-hydroxylation sites is 2. The van der Waals surface area contributed by atoms with E-state index in [1.807, 2.05) is 60.4 Å². The summed E-state index contributed by atoms with van der Waals surface area (Å²) in [5, 5.41) is 4.84. The summed E-state index contributed by atoms with van der Waals surface area (Å²) >= 11 is 1.40. The standard InChI is InChI=1S/C20H20N4OS/c1-14-12-16-8-6-7-11-18(16)24(14)19(25)15(2)26-20-21-13-23(22-20)17-9-4-3-5-10-17/h3-11,13-15H,12H2,1-2H3. The summed E-state index contributed by atoms with van der Waals surface area (Å²) in [6.07, 6.45) is 2.59. The molecule has 2 atom stereocenters. The van der Waals surface area contributed by atoms with Crippen molar-refractivity contribution >= 4 is 23.4 Å². The van der Waals surface area contributed by atoms with Gasteiger partial charge in [-0.05, 0) is 44.0 Å². The minimum atomic E-state index is -0.254. The topological polar surface area (TPSA) is 51.0 Å². The lowest BCUT2D eigenvalue weighted by Gasteiger charge is -2.25. The van der Waals surface area contributed by atoms with Crippen LogP contribution >= 0.6 is 11.8 Å². The van der Waals surface area contributed by atoms with Gasteiger partial charge in [-0.1, -0.05) is 48.2 Å². The smallest absolute Gasteiger partial charge is 0.240 e. The second-order valence-electron chi connectivity index (χ2n) is 6.46. The number of carbonyl (C=O) groups excluding carboxylic acids is 1. The molecule has 2 heterocycles. The molecule has 26 heavy (non-hydrogen) atoms. The highest BCUT2D eigenvalue weighted by Gasteiger charge is 2.33. The van der Waals surface area contributed by atoms with Gasteiger partial charge in [-0.2, -0.15) is 0 Å². The van der Waals surface area contributed by atoms with E-state index in [9.17, 15) is 4.79 Å². The molecule has 6 heteroatoms. The van der Waals surface area contributed by atoms with Gasteiger partial charge in [0.05, 0.1) is 10.9 Å². The van der Waals surface area contributed by atoms with Crippen LogP contribution in [-0.2, 0) is 11.2 Å². The number of hydrogen-bond acceptors (Lipinski definition) is 4. The Kier molecular flexibility index (Phi) is 4.51. The van der Waals surface area contributed by atoms with Crippen LogP contribution in [0.5, 0.6) is 0 Å². The van der Waals surface area contributed by atoms with E-state index < -0.39 is 0 Å². The van der Waals surface area contributed by atoms with Gasteiger partial charge < -0.3 is 4.90 Å². The fraction of sp³-hybridized carbons (Fsp3) is 0.250. The van der Waals surface area contributed by atoms with Gasteiger partial charge in [-0.15, -0.1) is 5.10 Å². The Hall–Kier alpha value is -2.60. The van der Waals surface area contributed by atoms with Crippen LogP contribution < -0.4 is 4.90 Å². The van der Waals surface area contributed by atoms with Crippen molar-refractivity contribution in [2.24, 2.45) is 0 Å². The van der Waals surface area contributed by atoms with Gasteiger partial charge in [0.1, 0.15) is 6.33 Å². The summed E-state index contributed by atoms with van der Waals surface area (Å²) in [4.78, 5) is 19.3. The number of fused-ring (bicyclic) bond motifs is 1. The van der Waals surface area contributed by atoms with Gasteiger partial charge in [-0.25, -0.2) is 9.67 Å². The fourth-order valence-corrected chi connectivity index (χ4v) is 4.09. The van der Waals surface area contributed by atoms with Crippen molar-refractivity contribution in [2.45, 2.75) is 36.7 Å². The van der Waals surface area contributed by atoms with E-state index in [-0.39, 0.29) is 17.2 Å². The van der Waals surface area contributed by atoms with Crippen LogP contribution in [0.1, 0.15) is 19.4 Å². The van der Waals surface area contributed by atoms with Crippen molar-refractivity contribution in [3.8, 4) is 5.69 Å². The monoisotopic (exact) mass is 364 g/mol. The molecule has 0 aliphatic carbocycles. The van der Waals surface area contributed by atoms with Crippen molar-refractivity contribution in [1.82, 2.24) is 14.8 Å². The van der Waals surface area contributed by atoms with Gasteiger partial charge >= 0.3 is 0 Å². The predicted octanol–water partition coefficient (Wildman–Crippen LogP) is 3.73. The van der Waals surface area contributed by atoms with Crippen LogP contribution in [0.4, 0.5) is 5.69 Å². The zero-order chi connectivity index (χ0) is 18.1. The highest BCUT2D eigenvalue weighted by molar-refractivity contribution is 8.00. The van der Waals surface area contributed by atoms with E-state index in [1.165, 1.54) is 17.3 Å². The van der Waals surface area contributed by atoms with E-state index in [4.69, 9.17) is 0 Å². The average Bonchev–Trinajstić information content (AvgIpc) is 3.25. The molecular weight excluding hydrogens is 344 g/mol. The summed E-state index contributed by atoms with van der Waals surface area (Å²) in [6, 6.07) is 18.1. The summed E-state index contributed by atoms with van der Waals surface area (Å²) in [6.45, 7) is 4.02. The van der Waals surface area contributed by atoms with Crippen molar-refractivity contribution in [1.29, 1.82) is 0 Å². The second-order valence-corrected chi connectivity index (χ2v) is 7.77. The highest BCUT2D eigenvalue weighted by atomic mass is 32.2. The lowest BCUT2D eigenvalue weighted by atomic mass is 10.1. The number of nitrogens with zero attached hydrogens (tertiary/aromatic N) is 4. The first kappa shape index (κ1) is 16.8. The molecule has 0 spiro atoms. The minimum Gasteiger partial charge on any atom is -0.308 e. The first-order valence-electron chi connectivity index (χ1n) is 8.68. The molecule has 2 aromatic carbocycles. The number of benzene rings is 2. The number of amides is 1. The molecule has 0 N–H and O–H groups in total. The fourth-order valence-electron chi connectivity index (χ4n) is 3.31. The highest BCUT2D eigenvalue weighted by Crippen LogP contribution is 2.34. The van der Waals surface area contributed by atoms with E-state index in [1.54, 1.807) is 11.0 Å². The van der Waals surface area contributed by atoms with E-state index in [0.29, 0.717) is 5.16 Å². The normalized spacial score (nSPS) is 17.2. The van der Waals surface area contributed by atoms with Crippen LogP contribution in [0.15, 0.2) is 66.1 Å². The minimum absolute atomic E-state index is 0.100. The zero-order valence-electron chi connectivity index (χ0n) is 14.7. The number of hydrogen-bond donors (Lipinski definition) is 0. The second kappa shape index (κ2) is 6.96. The number of thioether (sulfide) groups is 1. The lowest BCUT2D eigenvalue weighted by molar-refractivity contribution is -0.118. The van der Waals surface area contributed by atoms with Gasteiger partial charge in [-0.3, -0.25) is 4.79 Å². The molecule has 132 valence electrons. The molecular formula is C20H20N4OS. The first-order chi connectivity index (χ1) is 12.6. The molecule has 1 amide bonds. The Labute approximate surface area is 157 Å². The molecule has 0 saturated carbocycles. The molecule has 0 fully saturated rings. The maximum atomic E-state index is 13.0. The number of carbonyl (C=O) groups is 1. The third-order valence-corrected chi connectivity index (χ3v) is 5.52. The Morgan fingerprint density at radius 1 is 1.15 bits per heavy atom. The molecule has 1 aromatic heterocycles. The van der Waals surface area contributed by atoms with E-state index in [0.717, 1.165) is 17.8 Å². The molecule has 0 radical (unpaired) electrons. The first-order valence-corrected chi connectivity index (χ1v) is 9.56. The van der Waals surface area contributed by atoms with Crippen molar-refractivity contribution in [3.05, 3.63) is 66.5 Å². The van der Waals surface area contributed by atoms with E-state index in [2.05, 4.69) is 23.1 Å². The Morgan fingerprint density at radius 3 is 2.69 bits per heavy atom. The zero-order valence-corrected chi connectivity index (χ0v) is 15.6. The summed E-state index contributed by atoms with van der Waals surface area (Å²) in [7, 11) is 0. The lowest BCUT2D eigenvalue weighted by Crippen LogP contribution is -2.40. The summed E-state index contributed by atoms with van der Waals surface area (Å²) < 4.78 is 1.73. The Balaban J connectivity index is 1.50. The third kappa shape index (κ3) is 3.12. The van der Waals surface area contributed by atoms with Gasteiger partial charge in [0, 0.05) is 11.7 Å². The molecule has 0 bridgehead atoms. The van der Waals surface area contributed by atoms with Gasteiger partial charge in [0.2, 0.25) is 11.1 Å². The van der Waals surface area contributed by atoms with E-state index >= 15 is 0 Å². The van der Waals surface area contributed by atoms with Crippen molar-refractivity contribution in [2.75, 3.05) is 4.90 Å². The Bertz CT molecular complexity index is 924.